The van der Waals surface area contributed by atoms with Gasteiger partial charge < -0.3 is 0 Å². The Hall–Kier alpha value is -0.150. The van der Waals surface area contributed by atoms with Crippen LogP contribution in [0.5, 0.6) is 0 Å². The zero-order valence-electron chi connectivity index (χ0n) is 6.62. The standard InChI is InChI=1S/C7H11ClN2S/c1-3-6(5(2)8)7-10-9-4-11-7/h4-6H,3H2,1-2H3. The molecule has 0 bridgehead atoms. The molecule has 1 aromatic rings. The van der Waals surface area contributed by atoms with Crippen molar-refractivity contribution in [1.29, 1.82) is 0 Å². The fourth-order valence-corrected chi connectivity index (χ4v) is 2.25. The zero-order chi connectivity index (χ0) is 8.27. The van der Waals surface area contributed by atoms with Crippen LogP contribution >= 0.6 is 22.9 Å². The van der Waals surface area contributed by atoms with E-state index in [9.17, 15) is 0 Å². The maximum absolute atomic E-state index is 5.97. The second-order valence-electron chi connectivity index (χ2n) is 2.47. The third-order valence-electron chi connectivity index (χ3n) is 1.69. The second-order valence-corrected chi connectivity index (χ2v) is 4.02. The Bertz CT molecular complexity index is 198. The number of aromatic nitrogens is 2. The summed E-state index contributed by atoms with van der Waals surface area (Å²) in [5.74, 6) is 0.365. The van der Waals surface area contributed by atoms with Crippen molar-refractivity contribution in [2.45, 2.75) is 31.6 Å². The van der Waals surface area contributed by atoms with Gasteiger partial charge in [0.15, 0.2) is 0 Å². The second kappa shape index (κ2) is 4.02. The fraction of sp³-hybridized carbons (Fsp3) is 0.714. The minimum Gasteiger partial charge on any atom is -0.147 e. The summed E-state index contributed by atoms with van der Waals surface area (Å²) >= 11 is 7.55. The lowest BCUT2D eigenvalue weighted by molar-refractivity contribution is 0.637. The molecule has 1 aromatic heterocycles. The SMILES string of the molecule is CCC(c1nncs1)C(C)Cl. The summed E-state index contributed by atoms with van der Waals surface area (Å²) in [6.45, 7) is 4.11. The van der Waals surface area contributed by atoms with E-state index in [0.717, 1.165) is 11.4 Å². The highest BCUT2D eigenvalue weighted by molar-refractivity contribution is 7.09. The van der Waals surface area contributed by atoms with Gasteiger partial charge in [-0.3, -0.25) is 0 Å². The first-order valence-electron chi connectivity index (χ1n) is 3.65. The van der Waals surface area contributed by atoms with E-state index in [4.69, 9.17) is 11.6 Å². The number of halogens is 1. The van der Waals surface area contributed by atoms with Gasteiger partial charge >= 0.3 is 0 Å². The first-order valence-corrected chi connectivity index (χ1v) is 4.97. The quantitative estimate of drug-likeness (QED) is 0.685. The average Bonchev–Trinajstić information content (AvgIpc) is 2.40. The minimum absolute atomic E-state index is 0.146. The Morgan fingerprint density at radius 3 is 2.82 bits per heavy atom. The summed E-state index contributed by atoms with van der Waals surface area (Å²) in [6, 6.07) is 0. The van der Waals surface area contributed by atoms with Crippen molar-refractivity contribution in [1.82, 2.24) is 10.2 Å². The van der Waals surface area contributed by atoms with Crippen molar-refractivity contribution in [3.63, 3.8) is 0 Å². The summed E-state index contributed by atoms with van der Waals surface area (Å²) in [6.07, 6.45) is 1.03. The Morgan fingerprint density at radius 1 is 1.73 bits per heavy atom. The monoisotopic (exact) mass is 190 g/mol. The zero-order valence-corrected chi connectivity index (χ0v) is 8.19. The van der Waals surface area contributed by atoms with Gasteiger partial charge in [0.1, 0.15) is 10.5 Å². The number of hydrogen-bond acceptors (Lipinski definition) is 3. The Labute approximate surface area is 75.6 Å². The molecule has 0 aliphatic carbocycles. The molecule has 1 rings (SSSR count). The molecule has 0 spiro atoms. The van der Waals surface area contributed by atoms with E-state index >= 15 is 0 Å². The van der Waals surface area contributed by atoms with Crippen molar-refractivity contribution in [2.24, 2.45) is 0 Å². The lowest BCUT2D eigenvalue weighted by atomic mass is 10.0. The molecule has 11 heavy (non-hydrogen) atoms. The Morgan fingerprint density at radius 2 is 2.45 bits per heavy atom. The van der Waals surface area contributed by atoms with Crippen LogP contribution in [0.2, 0.25) is 0 Å². The van der Waals surface area contributed by atoms with Crippen LogP contribution in [0.1, 0.15) is 31.2 Å². The van der Waals surface area contributed by atoms with Gasteiger partial charge in [-0.05, 0) is 13.3 Å². The highest BCUT2D eigenvalue weighted by Crippen LogP contribution is 2.27. The number of alkyl halides is 1. The van der Waals surface area contributed by atoms with E-state index < -0.39 is 0 Å². The van der Waals surface area contributed by atoms with E-state index in [1.54, 1.807) is 16.8 Å². The first kappa shape index (κ1) is 8.94. The van der Waals surface area contributed by atoms with E-state index in [2.05, 4.69) is 17.1 Å². The molecule has 0 amide bonds. The molecule has 0 aromatic carbocycles. The third-order valence-corrected chi connectivity index (χ3v) is 2.82. The van der Waals surface area contributed by atoms with Gasteiger partial charge in [0.2, 0.25) is 0 Å². The highest BCUT2D eigenvalue weighted by atomic mass is 35.5. The van der Waals surface area contributed by atoms with E-state index in [1.807, 2.05) is 6.92 Å². The minimum atomic E-state index is 0.146. The molecule has 2 nitrogen and oxygen atoms in total. The van der Waals surface area contributed by atoms with Gasteiger partial charge in [-0.25, -0.2) is 0 Å². The fourth-order valence-electron chi connectivity index (χ4n) is 1.04. The Balaban J connectivity index is 2.71. The summed E-state index contributed by atoms with van der Waals surface area (Å²) in [4.78, 5) is 0. The van der Waals surface area contributed by atoms with Gasteiger partial charge in [0.05, 0.1) is 0 Å². The molecule has 0 N–H and O–H groups in total. The predicted octanol–water partition coefficient (Wildman–Crippen LogP) is 2.66. The van der Waals surface area contributed by atoms with Crippen molar-refractivity contribution in [3.05, 3.63) is 10.5 Å². The van der Waals surface area contributed by atoms with Crippen LogP contribution in [0.25, 0.3) is 0 Å². The van der Waals surface area contributed by atoms with E-state index in [1.165, 1.54) is 0 Å². The molecule has 2 unspecified atom stereocenters. The first-order chi connectivity index (χ1) is 5.25. The Kier molecular flexibility index (Phi) is 3.27. The normalized spacial score (nSPS) is 16.3. The molecule has 0 aliphatic heterocycles. The maximum Gasteiger partial charge on any atom is 0.121 e. The van der Waals surface area contributed by atoms with Crippen LogP contribution in [0.3, 0.4) is 0 Å². The largest absolute Gasteiger partial charge is 0.147 e. The van der Waals surface area contributed by atoms with Gasteiger partial charge in [-0.15, -0.1) is 33.1 Å². The molecule has 2 atom stereocenters. The van der Waals surface area contributed by atoms with Gasteiger partial charge in [-0.2, -0.15) is 0 Å². The summed E-state index contributed by atoms with van der Waals surface area (Å²) in [5.41, 5.74) is 1.75. The highest BCUT2D eigenvalue weighted by Gasteiger charge is 2.17. The topological polar surface area (TPSA) is 25.8 Å². The van der Waals surface area contributed by atoms with Crippen molar-refractivity contribution < 1.29 is 0 Å². The van der Waals surface area contributed by atoms with E-state index in [-0.39, 0.29) is 5.38 Å². The molecule has 0 aliphatic rings. The van der Waals surface area contributed by atoms with Crippen molar-refractivity contribution >= 4 is 22.9 Å². The summed E-state index contributed by atoms with van der Waals surface area (Å²) in [7, 11) is 0. The average molecular weight is 191 g/mol. The molecule has 4 heteroatoms. The van der Waals surface area contributed by atoms with E-state index in [0.29, 0.717) is 5.92 Å². The maximum atomic E-state index is 5.97. The number of hydrogen-bond donors (Lipinski definition) is 0. The smallest absolute Gasteiger partial charge is 0.121 e. The lowest BCUT2D eigenvalue weighted by Gasteiger charge is -2.12. The molecule has 0 fully saturated rings. The summed E-state index contributed by atoms with van der Waals surface area (Å²) in [5, 5.41) is 8.97. The molecule has 62 valence electrons. The predicted molar refractivity (Wildman–Crippen MR) is 48.3 cm³/mol. The van der Waals surface area contributed by atoms with Crippen LogP contribution in [-0.2, 0) is 0 Å². The van der Waals surface area contributed by atoms with Gasteiger partial charge in [-0.1, -0.05) is 6.92 Å². The van der Waals surface area contributed by atoms with Crippen LogP contribution < -0.4 is 0 Å². The summed E-state index contributed by atoms with van der Waals surface area (Å²) < 4.78 is 0. The molecular formula is C7H11ClN2S. The van der Waals surface area contributed by atoms with Crippen LogP contribution in [0.15, 0.2) is 5.51 Å². The van der Waals surface area contributed by atoms with Gasteiger partial charge in [0, 0.05) is 11.3 Å². The van der Waals surface area contributed by atoms with Crippen LogP contribution in [-0.4, -0.2) is 15.6 Å². The molecule has 0 saturated carbocycles. The third kappa shape index (κ3) is 2.14. The molecular weight excluding hydrogens is 180 g/mol. The van der Waals surface area contributed by atoms with Crippen LogP contribution in [0, 0.1) is 0 Å². The number of nitrogens with zero attached hydrogens (tertiary/aromatic N) is 2. The molecule has 1 heterocycles. The molecule has 0 radical (unpaired) electrons. The van der Waals surface area contributed by atoms with Crippen LogP contribution in [0.4, 0.5) is 0 Å². The lowest BCUT2D eigenvalue weighted by Crippen LogP contribution is -2.07. The molecule has 0 saturated heterocycles. The van der Waals surface area contributed by atoms with Gasteiger partial charge in [0.25, 0.3) is 0 Å². The van der Waals surface area contributed by atoms with Crippen molar-refractivity contribution in [2.75, 3.05) is 0 Å². The number of rotatable bonds is 3. The van der Waals surface area contributed by atoms with Crippen molar-refractivity contribution in [3.8, 4) is 0 Å².